The Morgan fingerprint density at radius 3 is 1.67 bits per heavy atom. The lowest BCUT2D eigenvalue weighted by molar-refractivity contribution is -0.158. The van der Waals surface area contributed by atoms with E-state index in [0.717, 1.165) is 38.9 Å². The second-order valence-electron chi connectivity index (χ2n) is 15.3. The minimum Gasteiger partial charge on any atom is -0.458 e. The van der Waals surface area contributed by atoms with E-state index in [1.54, 1.807) is 34.0 Å². The van der Waals surface area contributed by atoms with Gasteiger partial charge in [0, 0.05) is 18.5 Å². The first kappa shape index (κ1) is 38.8. The first-order chi connectivity index (χ1) is 27.6. The summed E-state index contributed by atoms with van der Waals surface area (Å²) in [5.41, 5.74) is 6.40. The molecule has 290 valence electrons. The summed E-state index contributed by atoms with van der Waals surface area (Å²) in [6.45, 7) is 7.19. The first-order valence-corrected chi connectivity index (χ1v) is 19.4. The molecule has 0 spiro atoms. The summed E-state index contributed by atoms with van der Waals surface area (Å²) >= 11 is 0. The third-order valence-electron chi connectivity index (χ3n) is 10.4. The molecule has 5 aromatic carbocycles. The third-order valence-corrected chi connectivity index (χ3v) is 10.4. The molecule has 1 aliphatic carbocycles. The van der Waals surface area contributed by atoms with Crippen molar-refractivity contribution in [1.82, 2.24) is 20.2 Å². The van der Waals surface area contributed by atoms with Gasteiger partial charge in [-0.1, -0.05) is 146 Å². The van der Waals surface area contributed by atoms with Crippen molar-refractivity contribution in [1.29, 1.82) is 0 Å². The number of carbonyl (C=O) groups is 3. The average molecular weight is 761 g/mol. The highest BCUT2D eigenvalue weighted by Gasteiger charge is 2.39. The number of rotatable bonds is 13. The van der Waals surface area contributed by atoms with E-state index >= 15 is 0 Å². The van der Waals surface area contributed by atoms with Crippen molar-refractivity contribution in [2.24, 2.45) is 0 Å². The van der Waals surface area contributed by atoms with Gasteiger partial charge in [0.15, 0.2) is 0 Å². The Morgan fingerprint density at radius 2 is 1.18 bits per heavy atom. The van der Waals surface area contributed by atoms with Gasteiger partial charge >= 0.3 is 12.1 Å². The molecule has 7 rings (SSSR count). The highest BCUT2D eigenvalue weighted by atomic mass is 16.6. The van der Waals surface area contributed by atoms with E-state index in [9.17, 15) is 14.4 Å². The number of hydrogen-bond acceptors (Lipinski definition) is 6. The number of nitrogens with zero attached hydrogens (tertiary/aromatic N) is 2. The fraction of sp³-hybridized carbons (Fsp3) is 0.250. The van der Waals surface area contributed by atoms with Crippen LogP contribution in [0, 0.1) is 0 Å². The largest absolute Gasteiger partial charge is 0.458 e. The molecule has 57 heavy (non-hydrogen) atoms. The molecular formula is C48H48N4O5. The SMILES string of the molecule is CC[C@@H](NC(=O)[C@H](Cc1cn(C(c2ccccc2)(c2ccccc2)c2ccccc2)cn1)NC(=O)OCC1c2ccccc2-c2ccccc21)C(=O)OC(C)(C)C. The molecule has 0 bridgehead atoms. The Hall–Kier alpha value is -6.48. The summed E-state index contributed by atoms with van der Waals surface area (Å²) in [6, 6.07) is 44.8. The number of amides is 2. The van der Waals surface area contributed by atoms with Crippen molar-refractivity contribution in [3.63, 3.8) is 0 Å². The van der Waals surface area contributed by atoms with Crippen molar-refractivity contribution in [2.45, 2.75) is 69.7 Å². The molecular weight excluding hydrogens is 713 g/mol. The van der Waals surface area contributed by atoms with Crippen molar-refractivity contribution in [3.05, 3.63) is 186 Å². The smallest absolute Gasteiger partial charge is 0.407 e. The molecule has 2 amide bonds. The van der Waals surface area contributed by atoms with E-state index in [0.29, 0.717) is 12.1 Å². The zero-order chi connectivity index (χ0) is 40.0. The van der Waals surface area contributed by atoms with E-state index in [2.05, 4.69) is 75.9 Å². The molecule has 9 heteroatoms. The number of carbonyl (C=O) groups excluding carboxylic acids is 3. The number of imidazole rings is 1. The number of esters is 1. The van der Waals surface area contributed by atoms with Gasteiger partial charge in [-0.25, -0.2) is 14.6 Å². The quantitative estimate of drug-likeness (QED) is 0.0904. The number of ether oxygens (including phenoxy) is 2. The first-order valence-electron chi connectivity index (χ1n) is 19.4. The highest BCUT2D eigenvalue weighted by Crippen LogP contribution is 2.45. The van der Waals surface area contributed by atoms with Gasteiger partial charge in [0.05, 0.1) is 12.0 Å². The van der Waals surface area contributed by atoms with Gasteiger partial charge in [0.25, 0.3) is 0 Å². The number of hydrogen-bond donors (Lipinski definition) is 2. The maximum Gasteiger partial charge on any atom is 0.407 e. The monoisotopic (exact) mass is 760 g/mol. The standard InChI is InChI=1S/C48H48N4O5/c1-5-42(45(54)57-47(2,3)4)50-44(53)43(51-46(55)56-31-41-39-27-17-15-25-37(39)38-26-16-18-28-40(38)41)29-36-30-52(32-49-36)48(33-19-9-6-10-20-33,34-21-11-7-12-22-34)35-23-13-8-14-24-35/h6-28,30,32,41-43H,5,29,31H2,1-4H3,(H,50,53)(H,51,55)/t42-,43+/m1/s1. The highest BCUT2D eigenvalue weighted by molar-refractivity contribution is 5.90. The van der Waals surface area contributed by atoms with Gasteiger partial charge in [0.2, 0.25) is 5.91 Å². The van der Waals surface area contributed by atoms with Gasteiger partial charge in [0.1, 0.15) is 29.8 Å². The lowest BCUT2D eigenvalue weighted by atomic mass is 9.77. The second-order valence-corrected chi connectivity index (χ2v) is 15.3. The Bertz CT molecular complexity index is 2180. The van der Waals surface area contributed by atoms with Crippen LogP contribution in [0.15, 0.2) is 152 Å². The van der Waals surface area contributed by atoms with E-state index in [-0.39, 0.29) is 18.9 Å². The molecule has 1 aliphatic rings. The predicted octanol–water partition coefficient (Wildman–Crippen LogP) is 8.41. The van der Waals surface area contributed by atoms with Crippen LogP contribution in [0.4, 0.5) is 4.79 Å². The minimum absolute atomic E-state index is 0.0161. The molecule has 0 saturated carbocycles. The van der Waals surface area contributed by atoms with Crippen molar-refractivity contribution in [3.8, 4) is 11.1 Å². The van der Waals surface area contributed by atoms with Crippen LogP contribution in [0.3, 0.4) is 0 Å². The Kier molecular flexibility index (Phi) is 11.4. The van der Waals surface area contributed by atoms with E-state index in [1.165, 1.54) is 0 Å². The Labute approximate surface area is 334 Å². The molecule has 2 atom stereocenters. The molecule has 2 N–H and O–H groups in total. The zero-order valence-corrected chi connectivity index (χ0v) is 32.7. The fourth-order valence-corrected chi connectivity index (χ4v) is 7.81. The van der Waals surface area contributed by atoms with Crippen molar-refractivity contribution >= 4 is 18.0 Å². The van der Waals surface area contributed by atoms with E-state index < -0.39 is 41.2 Å². The van der Waals surface area contributed by atoms with E-state index in [1.807, 2.05) is 85.1 Å². The lowest BCUT2D eigenvalue weighted by Crippen LogP contribution is -2.53. The number of fused-ring (bicyclic) bond motifs is 3. The average Bonchev–Trinajstić information content (AvgIpc) is 3.82. The Balaban J connectivity index is 1.20. The summed E-state index contributed by atoms with van der Waals surface area (Å²) < 4.78 is 13.6. The fourth-order valence-electron chi connectivity index (χ4n) is 7.81. The van der Waals surface area contributed by atoms with Crippen LogP contribution >= 0.6 is 0 Å². The Morgan fingerprint density at radius 1 is 0.684 bits per heavy atom. The summed E-state index contributed by atoms with van der Waals surface area (Å²) in [6.07, 6.45) is 3.23. The molecule has 0 saturated heterocycles. The molecule has 0 fully saturated rings. The third kappa shape index (κ3) is 8.24. The molecule has 9 nitrogen and oxygen atoms in total. The molecule has 1 heterocycles. The maximum atomic E-state index is 14.2. The van der Waals surface area contributed by atoms with Gasteiger partial charge in [-0.15, -0.1) is 0 Å². The number of benzene rings is 5. The minimum atomic E-state index is -1.14. The summed E-state index contributed by atoms with van der Waals surface area (Å²) in [5.74, 6) is -1.28. The second kappa shape index (κ2) is 16.7. The molecule has 0 aliphatic heterocycles. The van der Waals surface area contributed by atoms with Crippen LogP contribution in [-0.2, 0) is 31.0 Å². The summed E-state index contributed by atoms with van der Waals surface area (Å²) in [4.78, 5) is 45.8. The maximum absolute atomic E-state index is 14.2. The number of aromatic nitrogens is 2. The molecule has 0 radical (unpaired) electrons. The molecule has 0 unspecified atom stereocenters. The summed E-state index contributed by atoms with van der Waals surface area (Å²) in [7, 11) is 0. The van der Waals surface area contributed by atoms with E-state index in [4.69, 9.17) is 14.5 Å². The number of alkyl carbamates (subject to hydrolysis) is 1. The van der Waals surface area contributed by atoms with Crippen LogP contribution in [0.25, 0.3) is 11.1 Å². The number of nitrogens with one attached hydrogen (secondary N) is 2. The zero-order valence-electron chi connectivity index (χ0n) is 32.7. The molecule has 1 aromatic heterocycles. The van der Waals surface area contributed by atoms with Gasteiger partial charge < -0.3 is 24.7 Å². The molecule has 6 aromatic rings. The van der Waals surface area contributed by atoms with Crippen molar-refractivity contribution < 1.29 is 23.9 Å². The predicted molar refractivity (Wildman–Crippen MR) is 221 cm³/mol. The topological polar surface area (TPSA) is 112 Å². The van der Waals surface area contributed by atoms with Gasteiger partial charge in [-0.05, 0) is 66.1 Å². The van der Waals surface area contributed by atoms with Crippen LogP contribution < -0.4 is 10.6 Å². The van der Waals surface area contributed by atoms with Crippen LogP contribution in [-0.4, -0.2) is 51.8 Å². The van der Waals surface area contributed by atoms with Crippen LogP contribution in [0.2, 0.25) is 0 Å². The normalized spacial score (nSPS) is 13.5. The van der Waals surface area contributed by atoms with Crippen LogP contribution in [0.5, 0.6) is 0 Å². The lowest BCUT2D eigenvalue weighted by Gasteiger charge is -2.37. The van der Waals surface area contributed by atoms with Crippen molar-refractivity contribution in [2.75, 3.05) is 6.61 Å². The van der Waals surface area contributed by atoms with Crippen LogP contribution in [0.1, 0.15) is 73.5 Å². The van der Waals surface area contributed by atoms with Gasteiger partial charge in [-0.3, -0.25) is 4.79 Å². The van der Waals surface area contributed by atoms with Gasteiger partial charge in [-0.2, -0.15) is 0 Å². The summed E-state index contributed by atoms with van der Waals surface area (Å²) in [5, 5.41) is 5.66.